The number of aromatic nitrogens is 3. The van der Waals surface area contributed by atoms with Crippen molar-refractivity contribution in [3.8, 4) is 22.1 Å². The van der Waals surface area contributed by atoms with Gasteiger partial charge < -0.3 is 14.8 Å². The van der Waals surface area contributed by atoms with E-state index in [0.29, 0.717) is 17.3 Å². The van der Waals surface area contributed by atoms with Gasteiger partial charge in [-0.05, 0) is 42.6 Å². The number of carbonyl (C=O) groups is 2. The third-order valence-corrected chi connectivity index (χ3v) is 5.42. The minimum Gasteiger partial charge on any atom is -0.495 e. The maximum absolute atomic E-state index is 12.7. The Morgan fingerprint density at radius 2 is 1.78 bits per heavy atom. The minimum atomic E-state index is -1.07. The molecular formula is C23H20N4O4S. The second-order valence-electron chi connectivity index (χ2n) is 6.72. The first-order valence-electron chi connectivity index (χ1n) is 9.78. The molecule has 2 aromatic heterocycles. The number of anilines is 1. The summed E-state index contributed by atoms with van der Waals surface area (Å²) in [6.45, 7) is 1.48. The smallest absolute Gasteiger partial charge is 0.379 e. The van der Waals surface area contributed by atoms with Gasteiger partial charge in [0.15, 0.2) is 11.9 Å². The number of para-hydroxylation sites is 3. The average Bonchev–Trinajstić information content (AvgIpc) is 3.50. The lowest BCUT2D eigenvalue weighted by atomic mass is 10.2. The summed E-state index contributed by atoms with van der Waals surface area (Å²) in [4.78, 5) is 30.5. The van der Waals surface area contributed by atoms with E-state index in [1.54, 1.807) is 28.9 Å². The number of thiophene rings is 1. The van der Waals surface area contributed by atoms with Gasteiger partial charge in [0.05, 0.1) is 23.4 Å². The third-order valence-electron chi connectivity index (χ3n) is 4.55. The van der Waals surface area contributed by atoms with Gasteiger partial charge in [-0.15, -0.1) is 16.4 Å². The van der Waals surface area contributed by atoms with Crippen LogP contribution in [0.3, 0.4) is 0 Å². The van der Waals surface area contributed by atoms with Crippen LogP contribution in [0.1, 0.15) is 17.5 Å². The SMILES string of the molecule is COc1ccccc1NC(=O)C(C)OC(=O)c1nc(-c2cccs2)n(-c2ccccc2)n1. The molecule has 2 heterocycles. The first-order chi connectivity index (χ1) is 15.6. The predicted molar refractivity (Wildman–Crippen MR) is 121 cm³/mol. The van der Waals surface area contributed by atoms with Crippen LogP contribution in [-0.2, 0) is 9.53 Å². The highest BCUT2D eigenvalue weighted by Crippen LogP contribution is 2.26. The van der Waals surface area contributed by atoms with Crippen molar-refractivity contribution in [2.45, 2.75) is 13.0 Å². The van der Waals surface area contributed by atoms with E-state index in [-0.39, 0.29) is 5.82 Å². The van der Waals surface area contributed by atoms with Crippen LogP contribution >= 0.6 is 11.3 Å². The van der Waals surface area contributed by atoms with Crippen LogP contribution in [0.15, 0.2) is 72.1 Å². The molecule has 32 heavy (non-hydrogen) atoms. The minimum absolute atomic E-state index is 0.130. The fourth-order valence-corrected chi connectivity index (χ4v) is 3.66. The van der Waals surface area contributed by atoms with Gasteiger partial charge in [-0.3, -0.25) is 4.79 Å². The van der Waals surface area contributed by atoms with E-state index in [1.807, 2.05) is 47.8 Å². The second-order valence-corrected chi connectivity index (χ2v) is 7.67. The molecule has 0 bridgehead atoms. The van der Waals surface area contributed by atoms with Gasteiger partial charge in [-0.1, -0.05) is 36.4 Å². The molecule has 0 saturated carbocycles. The van der Waals surface area contributed by atoms with E-state index in [0.717, 1.165) is 10.6 Å². The number of esters is 1. The lowest BCUT2D eigenvalue weighted by molar-refractivity contribution is -0.123. The summed E-state index contributed by atoms with van der Waals surface area (Å²) in [5.74, 6) is -0.398. The molecular weight excluding hydrogens is 428 g/mol. The largest absolute Gasteiger partial charge is 0.495 e. The Kier molecular flexibility index (Phi) is 6.27. The van der Waals surface area contributed by atoms with E-state index in [2.05, 4.69) is 15.4 Å². The van der Waals surface area contributed by atoms with Crippen molar-refractivity contribution < 1.29 is 19.1 Å². The van der Waals surface area contributed by atoms with Gasteiger partial charge in [0.1, 0.15) is 5.75 Å². The van der Waals surface area contributed by atoms with Crippen molar-refractivity contribution >= 4 is 28.9 Å². The van der Waals surface area contributed by atoms with E-state index >= 15 is 0 Å². The van der Waals surface area contributed by atoms with E-state index in [9.17, 15) is 9.59 Å². The molecule has 0 aliphatic rings. The van der Waals surface area contributed by atoms with Gasteiger partial charge in [-0.2, -0.15) is 4.98 Å². The fraction of sp³-hybridized carbons (Fsp3) is 0.130. The lowest BCUT2D eigenvalue weighted by Gasteiger charge is -2.14. The Labute approximate surface area is 188 Å². The maximum Gasteiger partial charge on any atom is 0.379 e. The first kappa shape index (κ1) is 21.3. The molecule has 1 amide bonds. The molecule has 1 atom stereocenters. The van der Waals surface area contributed by atoms with E-state index in [1.165, 1.54) is 25.4 Å². The molecule has 0 fully saturated rings. The Balaban J connectivity index is 1.54. The van der Waals surface area contributed by atoms with Gasteiger partial charge in [-0.25, -0.2) is 9.48 Å². The fourth-order valence-electron chi connectivity index (χ4n) is 2.96. The second kappa shape index (κ2) is 9.44. The number of benzene rings is 2. The van der Waals surface area contributed by atoms with Crippen molar-refractivity contribution in [3.05, 3.63) is 77.9 Å². The average molecular weight is 449 g/mol. The number of nitrogens with zero attached hydrogens (tertiary/aromatic N) is 3. The van der Waals surface area contributed by atoms with Crippen LogP contribution in [0.25, 0.3) is 16.4 Å². The number of hydrogen-bond acceptors (Lipinski definition) is 7. The summed E-state index contributed by atoms with van der Waals surface area (Å²) in [5, 5.41) is 8.96. The predicted octanol–water partition coefficient (Wildman–Crippen LogP) is 4.19. The molecule has 0 aliphatic carbocycles. The number of amides is 1. The van der Waals surface area contributed by atoms with Gasteiger partial charge in [0.25, 0.3) is 11.7 Å². The van der Waals surface area contributed by atoms with E-state index in [4.69, 9.17) is 9.47 Å². The maximum atomic E-state index is 12.7. The van der Waals surface area contributed by atoms with Crippen LogP contribution in [0.4, 0.5) is 5.69 Å². The highest BCUT2D eigenvalue weighted by atomic mass is 32.1. The molecule has 162 valence electrons. The van der Waals surface area contributed by atoms with Crippen LogP contribution in [0.2, 0.25) is 0 Å². The molecule has 0 saturated heterocycles. The third kappa shape index (κ3) is 4.52. The standard InChI is InChI=1S/C23H20N4O4S/c1-15(22(28)24-17-11-6-7-12-18(17)30-2)31-23(29)20-25-21(19-13-8-14-32-19)27(26-20)16-9-4-3-5-10-16/h3-15H,1-2H3,(H,24,28). The van der Waals surface area contributed by atoms with Crippen LogP contribution in [0.5, 0.6) is 5.75 Å². The Bertz CT molecular complexity index is 1220. The summed E-state index contributed by atoms with van der Waals surface area (Å²) in [7, 11) is 1.51. The summed E-state index contributed by atoms with van der Waals surface area (Å²) in [5.41, 5.74) is 1.23. The quantitative estimate of drug-likeness (QED) is 0.426. The zero-order chi connectivity index (χ0) is 22.5. The highest BCUT2D eigenvalue weighted by molar-refractivity contribution is 7.13. The summed E-state index contributed by atoms with van der Waals surface area (Å²) in [6.07, 6.45) is -1.07. The molecule has 8 nitrogen and oxygen atoms in total. The lowest BCUT2D eigenvalue weighted by Crippen LogP contribution is -2.30. The molecule has 4 rings (SSSR count). The highest BCUT2D eigenvalue weighted by Gasteiger charge is 2.25. The van der Waals surface area contributed by atoms with Gasteiger partial charge >= 0.3 is 5.97 Å². The summed E-state index contributed by atoms with van der Waals surface area (Å²) < 4.78 is 12.1. The van der Waals surface area contributed by atoms with Gasteiger partial charge in [0, 0.05) is 0 Å². The number of nitrogens with one attached hydrogen (secondary N) is 1. The zero-order valence-corrected chi connectivity index (χ0v) is 18.2. The molecule has 1 unspecified atom stereocenters. The van der Waals surface area contributed by atoms with Crippen LogP contribution in [0, 0.1) is 0 Å². The Morgan fingerprint density at radius 1 is 1.03 bits per heavy atom. The molecule has 9 heteroatoms. The number of rotatable bonds is 7. The summed E-state index contributed by atoms with van der Waals surface area (Å²) in [6, 6.07) is 20.1. The van der Waals surface area contributed by atoms with Crippen molar-refractivity contribution in [3.63, 3.8) is 0 Å². The van der Waals surface area contributed by atoms with Crippen molar-refractivity contribution in [2.75, 3.05) is 12.4 Å². The molecule has 4 aromatic rings. The molecule has 0 aliphatic heterocycles. The number of hydrogen-bond donors (Lipinski definition) is 1. The Morgan fingerprint density at radius 3 is 2.50 bits per heavy atom. The van der Waals surface area contributed by atoms with Crippen molar-refractivity contribution in [1.82, 2.24) is 14.8 Å². The van der Waals surface area contributed by atoms with Crippen LogP contribution in [-0.4, -0.2) is 39.9 Å². The number of ether oxygens (including phenoxy) is 2. The molecule has 0 radical (unpaired) electrons. The van der Waals surface area contributed by atoms with Gasteiger partial charge in [0.2, 0.25) is 0 Å². The number of carbonyl (C=O) groups excluding carboxylic acids is 2. The molecule has 0 spiro atoms. The molecule has 1 N–H and O–H groups in total. The van der Waals surface area contributed by atoms with Crippen molar-refractivity contribution in [1.29, 1.82) is 0 Å². The Hall–Kier alpha value is -3.98. The molecule has 2 aromatic carbocycles. The van der Waals surface area contributed by atoms with Crippen LogP contribution < -0.4 is 10.1 Å². The topological polar surface area (TPSA) is 95.3 Å². The monoisotopic (exact) mass is 448 g/mol. The van der Waals surface area contributed by atoms with E-state index < -0.39 is 18.0 Å². The normalized spacial score (nSPS) is 11.6. The van der Waals surface area contributed by atoms with Crippen molar-refractivity contribution in [2.24, 2.45) is 0 Å². The zero-order valence-electron chi connectivity index (χ0n) is 17.4. The summed E-state index contributed by atoms with van der Waals surface area (Å²) >= 11 is 1.48. The number of methoxy groups -OCH3 is 1. The first-order valence-corrected chi connectivity index (χ1v) is 10.7.